The molecule has 0 bridgehead atoms. The van der Waals surface area contributed by atoms with Crippen LogP contribution in [0.25, 0.3) is 10.2 Å². The van der Waals surface area contributed by atoms with Gasteiger partial charge in [0.2, 0.25) is 0 Å². The van der Waals surface area contributed by atoms with Crippen LogP contribution in [0.4, 0.5) is 15.3 Å². The number of ether oxygens (including phenoxy) is 3. The standard InChI is InChI=1S/C22H24N2O5S/c1-4-5-12-28-22(26)24(21(25)27-3)18-11-10-16(13-15(18)2)29-14-20-23-17-8-6-7-9-19(17)30-20/h6-11,13H,4-5,12,14H2,1-3H3. The van der Waals surface area contributed by atoms with Crippen LogP contribution in [-0.4, -0.2) is 30.9 Å². The zero-order valence-electron chi connectivity index (χ0n) is 17.2. The summed E-state index contributed by atoms with van der Waals surface area (Å²) in [6.07, 6.45) is 0.0352. The zero-order valence-corrected chi connectivity index (χ0v) is 18.0. The van der Waals surface area contributed by atoms with Crippen LogP contribution in [-0.2, 0) is 16.1 Å². The lowest BCUT2D eigenvalue weighted by Gasteiger charge is -2.21. The Hall–Kier alpha value is -3.13. The lowest BCUT2D eigenvalue weighted by molar-refractivity contribution is 0.142. The Balaban J connectivity index is 1.73. The minimum atomic E-state index is -0.803. The third-order valence-corrected chi connectivity index (χ3v) is 5.38. The zero-order chi connectivity index (χ0) is 21.5. The highest BCUT2D eigenvalue weighted by atomic mass is 32.1. The topological polar surface area (TPSA) is 78.0 Å². The number of benzene rings is 2. The molecule has 0 saturated carbocycles. The van der Waals surface area contributed by atoms with Crippen molar-refractivity contribution in [3.05, 3.63) is 53.0 Å². The number of imide groups is 1. The van der Waals surface area contributed by atoms with Crippen molar-refractivity contribution in [2.75, 3.05) is 18.6 Å². The summed E-state index contributed by atoms with van der Waals surface area (Å²) in [4.78, 5) is 30.0. The van der Waals surface area contributed by atoms with Gasteiger partial charge in [-0.2, -0.15) is 4.90 Å². The van der Waals surface area contributed by atoms with Crippen molar-refractivity contribution in [3.63, 3.8) is 0 Å². The molecule has 3 aromatic rings. The van der Waals surface area contributed by atoms with Gasteiger partial charge in [0, 0.05) is 0 Å². The van der Waals surface area contributed by atoms with Crippen LogP contribution in [0.3, 0.4) is 0 Å². The minimum absolute atomic E-state index is 0.241. The number of fused-ring (bicyclic) bond motifs is 1. The number of hydrogen-bond donors (Lipinski definition) is 0. The molecule has 3 rings (SSSR count). The van der Waals surface area contributed by atoms with Gasteiger partial charge in [-0.3, -0.25) is 0 Å². The van der Waals surface area contributed by atoms with E-state index < -0.39 is 12.2 Å². The Morgan fingerprint density at radius 2 is 1.93 bits per heavy atom. The predicted molar refractivity (Wildman–Crippen MR) is 116 cm³/mol. The van der Waals surface area contributed by atoms with E-state index in [4.69, 9.17) is 14.2 Å². The molecule has 30 heavy (non-hydrogen) atoms. The van der Waals surface area contributed by atoms with E-state index in [0.29, 0.717) is 23.6 Å². The molecule has 0 radical (unpaired) electrons. The molecule has 2 amide bonds. The van der Waals surface area contributed by atoms with E-state index in [2.05, 4.69) is 4.98 Å². The quantitative estimate of drug-likeness (QED) is 0.450. The Kier molecular flexibility index (Phi) is 7.24. The number of para-hydroxylation sites is 1. The number of anilines is 1. The molecule has 158 valence electrons. The van der Waals surface area contributed by atoms with Gasteiger partial charge in [0.25, 0.3) is 0 Å². The Morgan fingerprint density at radius 1 is 1.13 bits per heavy atom. The van der Waals surface area contributed by atoms with Crippen LogP contribution < -0.4 is 9.64 Å². The van der Waals surface area contributed by atoms with E-state index in [1.54, 1.807) is 36.5 Å². The van der Waals surface area contributed by atoms with Crippen molar-refractivity contribution in [1.29, 1.82) is 0 Å². The monoisotopic (exact) mass is 428 g/mol. The van der Waals surface area contributed by atoms with Crippen molar-refractivity contribution in [2.24, 2.45) is 0 Å². The van der Waals surface area contributed by atoms with Gasteiger partial charge >= 0.3 is 12.2 Å². The second-order valence-corrected chi connectivity index (χ2v) is 7.70. The molecule has 0 unspecified atom stereocenters. The van der Waals surface area contributed by atoms with Gasteiger partial charge in [-0.15, -0.1) is 11.3 Å². The van der Waals surface area contributed by atoms with Gasteiger partial charge in [0.05, 0.1) is 29.6 Å². The number of carbonyl (C=O) groups excluding carboxylic acids is 2. The number of hydrogen-bond acceptors (Lipinski definition) is 7. The van der Waals surface area contributed by atoms with Crippen molar-refractivity contribution < 1.29 is 23.8 Å². The summed E-state index contributed by atoms with van der Waals surface area (Å²) in [5, 5.41) is 0.869. The second kappa shape index (κ2) is 10.1. The fourth-order valence-electron chi connectivity index (χ4n) is 2.83. The largest absolute Gasteiger partial charge is 0.486 e. The van der Waals surface area contributed by atoms with Crippen molar-refractivity contribution in [3.8, 4) is 5.75 Å². The number of carbonyl (C=O) groups is 2. The third kappa shape index (κ3) is 5.07. The lowest BCUT2D eigenvalue weighted by atomic mass is 10.2. The number of thiazole rings is 1. The molecular weight excluding hydrogens is 404 g/mol. The average Bonchev–Trinajstić information content (AvgIpc) is 3.17. The maximum absolute atomic E-state index is 12.4. The second-order valence-electron chi connectivity index (χ2n) is 6.59. The minimum Gasteiger partial charge on any atom is -0.486 e. The first kappa shape index (κ1) is 21.6. The van der Waals surface area contributed by atoms with E-state index in [-0.39, 0.29) is 6.61 Å². The molecule has 0 aliphatic carbocycles. The number of aryl methyl sites for hydroxylation is 1. The molecule has 8 heteroatoms. The molecule has 1 heterocycles. The van der Waals surface area contributed by atoms with Crippen molar-refractivity contribution in [1.82, 2.24) is 4.98 Å². The summed E-state index contributed by atoms with van der Waals surface area (Å²) in [5.41, 5.74) is 2.01. The van der Waals surface area contributed by atoms with Crippen molar-refractivity contribution >= 4 is 39.4 Å². The SMILES string of the molecule is CCCCOC(=O)N(C(=O)OC)c1ccc(OCc2nc3ccccc3s2)cc1C. The van der Waals surface area contributed by atoms with Gasteiger partial charge in [-0.25, -0.2) is 14.6 Å². The van der Waals surface area contributed by atoms with E-state index in [0.717, 1.165) is 33.0 Å². The van der Waals surface area contributed by atoms with Gasteiger partial charge in [-0.05, 0) is 49.2 Å². The smallest absolute Gasteiger partial charge is 0.424 e. The van der Waals surface area contributed by atoms with Crippen LogP contribution in [0.1, 0.15) is 30.3 Å². The van der Waals surface area contributed by atoms with Crippen LogP contribution >= 0.6 is 11.3 Å². The Labute approximate surface area is 179 Å². The molecule has 0 aliphatic heterocycles. The van der Waals surface area contributed by atoms with Crippen LogP contribution in [0.15, 0.2) is 42.5 Å². The van der Waals surface area contributed by atoms with Gasteiger partial charge in [0.1, 0.15) is 17.4 Å². The average molecular weight is 429 g/mol. The number of methoxy groups -OCH3 is 1. The molecule has 0 N–H and O–H groups in total. The maximum Gasteiger partial charge on any atom is 0.424 e. The molecule has 0 atom stereocenters. The highest BCUT2D eigenvalue weighted by Gasteiger charge is 2.27. The molecule has 7 nitrogen and oxygen atoms in total. The molecule has 0 spiro atoms. The summed E-state index contributed by atoms with van der Waals surface area (Å²) < 4.78 is 16.9. The fourth-order valence-corrected chi connectivity index (χ4v) is 3.71. The van der Waals surface area contributed by atoms with Gasteiger partial charge < -0.3 is 14.2 Å². The number of aromatic nitrogens is 1. The van der Waals surface area contributed by atoms with Crippen molar-refractivity contribution in [2.45, 2.75) is 33.3 Å². The summed E-state index contributed by atoms with van der Waals surface area (Å²) in [6.45, 7) is 4.35. The third-order valence-electron chi connectivity index (χ3n) is 4.37. The van der Waals surface area contributed by atoms with E-state index in [1.807, 2.05) is 31.2 Å². The van der Waals surface area contributed by atoms with E-state index in [1.165, 1.54) is 7.11 Å². The summed E-state index contributed by atoms with van der Waals surface area (Å²) in [6, 6.07) is 13.0. The first-order valence-electron chi connectivity index (χ1n) is 9.66. The summed E-state index contributed by atoms with van der Waals surface area (Å²) >= 11 is 1.58. The molecule has 0 fully saturated rings. The van der Waals surface area contributed by atoms with Crippen LogP contribution in [0, 0.1) is 6.92 Å². The number of unbranched alkanes of at least 4 members (excludes halogenated alkanes) is 1. The molecule has 0 aliphatic rings. The number of rotatable bonds is 7. The molecule has 0 saturated heterocycles. The molecule has 2 aromatic carbocycles. The Bertz CT molecular complexity index is 1000. The lowest BCUT2D eigenvalue weighted by Crippen LogP contribution is -2.38. The maximum atomic E-state index is 12.4. The van der Waals surface area contributed by atoms with E-state index in [9.17, 15) is 9.59 Å². The highest BCUT2D eigenvalue weighted by Crippen LogP contribution is 2.28. The van der Waals surface area contributed by atoms with E-state index >= 15 is 0 Å². The number of nitrogens with zero attached hydrogens (tertiary/aromatic N) is 2. The highest BCUT2D eigenvalue weighted by molar-refractivity contribution is 7.18. The first-order chi connectivity index (χ1) is 14.5. The molecule has 1 aromatic heterocycles. The first-order valence-corrected chi connectivity index (χ1v) is 10.5. The predicted octanol–water partition coefficient (Wildman–Crippen LogP) is 5.69. The normalized spacial score (nSPS) is 10.6. The van der Waals surface area contributed by atoms with Gasteiger partial charge in [0.15, 0.2) is 0 Å². The fraction of sp³-hybridized carbons (Fsp3) is 0.318. The summed E-state index contributed by atoms with van der Waals surface area (Å²) in [7, 11) is 1.22. The Morgan fingerprint density at radius 3 is 2.63 bits per heavy atom. The number of amides is 2. The van der Waals surface area contributed by atoms with Crippen LogP contribution in [0.5, 0.6) is 5.75 Å². The molecular formula is C22H24N2O5S. The summed E-state index contributed by atoms with van der Waals surface area (Å²) in [5.74, 6) is 0.611. The van der Waals surface area contributed by atoms with Crippen LogP contribution in [0.2, 0.25) is 0 Å². The van der Waals surface area contributed by atoms with Gasteiger partial charge in [-0.1, -0.05) is 25.5 Å².